The molecule has 28 heavy (non-hydrogen) atoms. The van der Waals surface area contributed by atoms with Crippen molar-refractivity contribution in [2.45, 2.75) is 17.4 Å². The molecule has 2 aromatic carbocycles. The van der Waals surface area contributed by atoms with Crippen LogP contribution >= 0.6 is 23.1 Å². The van der Waals surface area contributed by atoms with Crippen molar-refractivity contribution in [2.24, 2.45) is 0 Å². The van der Waals surface area contributed by atoms with E-state index in [1.54, 1.807) is 16.7 Å². The SMILES string of the molecule is O=C(Cc1cccs1)OCC(=O)N1c2ccccc2SC[C@H]1c1ccccc1. The number of hydrogen-bond acceptors (Lipinski definition) is 5. The maximum Gasteiger partial charge on any atom is 0.311 e. The number of esters is 1. The minimum Gasteiger partial charge on any atom is -0.455 e. The summed E-state index contributed by atoms with van der Waals surface area (Å²) in [6.07, 6.45) is 0.194. The first-order valence-corrected chi connectivity index (χ1v) is 10.9. The monoisotopic (exact) mass is 409 g/mol. The smallest absolute Gasteiger partial charge is 0.311 e. The van der Waals surface area contributed by atoms with Crippen molar-refractivity contribution < 1.29 is 14.3 Å². The number of fused-ring (bicyclic) bond motifs is 1. The maximum atomic E-state index is 13.1. The van der Waals surface area contributed by atoms with Crippen molar-refractivity contribution in [3.8, 4) is 0 Å². The minimum atomic E-state index is -0.383. The number of anilines is 1. The number of para-hydroxylation sites is 1. The summed E-state index contributed by atoms with van der Waals surface area (Å²) in [5, 5.41) is 1.92. The van der Waals surface area contributed by atoms with Crippen molar-refractivity contribution in [1.29, 1.82) is 0 Å². The van der Waals surface area contributed by atoms with Crippen LogP contribution in [-0.4, -0.2) is 24.2 Å². The van der Waals surface area contributed by atoms with Gasteiger partial charge in [0.2, 0.25) is 0 Å². The second-order valence-corrected chi connectivity index (χ2v) is 8.48. The Bertz CT molecular complexity index is 957. The van der Waals surface area contributed by atoms with Crippen molar-refractivity contribution in [3.63, 3.8) is 0 Å². The first kappa shape index (κ1) is 18.8. The molecule has 0 N–H and O–H groups in total. The predicted molar refractivity (Wildman–Crippen MR) is 113 cm³/mol. The Morgan fingerprint density at radius 2 is 1.79 bits per heavy atom. The molecule has 0 aliphatic carbocycles. The molecular weight excluding hydrogens is 390 g/mol. The van der Waals surface area contributed by atoms with Gasteiger partial charge in [-0.05, 0) is 29.1 Å². The molecule has 3 aromatic rings. The van der Waals surface area contributed by atoms with Gasteiger partial charge in [0.1, 0.15) is 0 Å². The lowest BCUT2D eigenvalue weighted by molar-refractivity contribution is -0.147. The highest BCUT2D eigenvalue weighted by atomic mass is 32.2. The van der Waals surface area contributed by atoms with E-state index >= 15 is 0 Å². The van der Waals surface area contributed by atoms with Gasteiger partial charge in [-0.15, -0.1) is 23.1 Å². The number of thiophene rings is 1. The third-order valence-electron chi connectivity index (χ3n) is 4.54. The van der Waals surface area contributed by atoms with Gasteiger partial charge in [0.05, 0.1) is 18.2 Å². The summed E-state index contributed by atoms with van der Waals surface area (Å²) in [5.74, 6) is 0.170. The van der Waals surface area contributed by atoms with Crippen LogP contribution in [0.2, 0.25) is 0 Å². The van der Waals surface area contributed by atoms with Gasteiger partial charge in [-0.3, -0.25) is 14.5 Å². The second-order valence-electron chi connectivity index (χ2n) is 6.39. The van der Waals surface area contributed by atoms with Gasteiger partial charge >= 0.3 is 5.97 Å². The predicted octanol–water partition coefficient (Wildman–Crippen LogP) is 4.71. The molecule has 1 aromatic heterocycles. The average molecular weight is 410 g/mol. The highest BCUT2D eigenvalue weighted by molar-refractivity contribution is 7.99. The molecule has 0 bridgehead atoms. The standard InChI is InChI=1S/C22H19NO3S2/c24-21(14-26-22(25)13-17-9-6-12-27-17)23-18-10-4-5-11-20(18)28-15-19(23)16-7-2-1-3-8-16/h1-12,19H,13-15H2/t19-/m0/s1. The third-order valence-corrected chi connectivity index (χ3v) is 6.56. The lowest BCUT2D eigenvalue weighted by Gasteiger charge is -2.37. The fourth-order valence-corrected chi connectivity index (χ4v) is 5.09. The van der Waals surface area contributed by atoms with Crippen LogP contribution in [0.1, 0.15) is 16.5 Å². The van der Waals surface area contributed by atoms with E-state index in [0.29, 0.717) is 0 Å². The van der Waals surface area contributed by atoms with Gasteiger partial charge in [0.15, 0.2) is 6.61 Å². The van der Waals surface area contributed by atoms with E-state index in [9.17, 15) is 9.59 Å². The molecule has 6 heteroatoms. The second kappa shape index (κ2) is 8.63. The van der Waals surface area contributed by atoms with Crippen LogP contribution in [0, 0.1) is 0 Å². The molecule has 0 unspecified atom stereocenters. The number of carbonyl (C=O) groups excluding carboxylic acids is 2. The van der Waals surface area contributed by atoms with E-state index in [4.69, 9.17) is 4.74 Å². The van der Waals surface area contributed by atoms with Crippen LogP contribution in [0.25, 0.3) is 0 Å². The molecule has 0 fully saturated rings. The normalized spacial score (nSPS) is 15.7. The van der Waals surface area contributed by atoms with Crippen LogP contribution in [0.5, 0.6) is 0 Å². The fourth-order valence-electron chi connectivity index (χ4n) is 3.24. The molecule has 0 saturated heterocycles. The molecule has 4 nitrogen and oxygen atoms in total. The number of benzene rings is 2. The van der Waals surface area contributed by atoms with Crippen LogP contribution in [0.4, 0.5) is 5.69 Å². The van der Waals surface area contributed by atoms with Crippen LogP contribution in [0.15, 0.2) is 77.0 Å². The van der Waals surface area contributed by atoms with Crippen LogP contribution in [-0.2, 0) is 20.7 Å². The number of hydrogen-bond donors (Lipinski definition) is 0. The van der Waals surface area contributed by atoms with E-state index in [2.05, 4.69) is 0 Å². The number of ether oxygens (including phenoxy) is 1. The first-order chi connectivity index (χ1) is 13.7. The third kappa shape index (κ3) is 4.13. The van der Waals surface area contributed by atoms with E-state index in [1.165, 1.54) is 11.3 Å². The van der Waals surface area contributed by atoms with Gasteiger partial charge in [-0.1, -0.05) is 48.5 Å². The Morgan fingerprint density at radius 3 is 2.57 bits per heavy atom. The zero-order chi connectivity index (χ0) is 19.3. The number of nitrogens with zero attached hydrogens (tertiary/aromatic N) is 1. The Labute approximate surface area is 172 Å². The molecular formula is C22H19NO3S2. The van der Waals surface area contributed by atoms with Gasteiger partial charge in [-0.2, -0.15) is 0 Å². The van der Waals surface area contributed by atoms with Crippen molar-refractivity contribution >= 4 is 40.7 Å². The first-order valence-electron chi connectivity index (χ1n) is 8.99. The van der Waals surface area contributed by atoms with E-state index in [1.807, 2.05) is 72.1 Å². The molecule has 0 radical (unpaired) electrons. The summed E-state index contributed by atoms with van der Waals surface area (Å²) in [6, 6.07) is 21.5. The molecule has 1 atom stereocenters. The lowest BCUT2D eigenvalue weighted by atomic mass is 10.1. The molecule has 142 valence electrons. The maximum absolute atomic E-state index is 13.1. The zero-order valence-corrected chi connectivity index (χ0v) is 16.7. The van der Waals surface area contributed by atoms with Crippen LogP contribution in [0.3, 0.4) is 0 Å². The number of rotatable bonds is 5. The molecule has 1 amide bonds. The quantitative estimate of drug-likeness (QED) is 0.573. The van der Waals surface area contributed by atoms with Gasteiger partial charge in [0.25, 0.3) is 5.91 Å². The van der Waals surface area contributed by atoms with E-state index in [0.717, 1.165) is 26.8 Å². The van der Waals surface area contributed by atoms with Crippen molar-refractivity contribution in [1.82, 2.24) is 0 Å². The summed E-state index contributed by atoms with van der Waals surface area (Å²) in [7, 11) is 0. The van der Waals surface area contributed by atoms with Crippen molar-refractivity contribution in [3.05, 3.63) is 82.6 Å². The summed E-state index contributed by atoms with van der Waals surface area (Å²) in [5.41, 5.74) is 1.94. The highest BCUT2D eigenvalue weighted by Crippen LogP contribution is 2.43. The molecule has 1 aliphatic heterocycles. The molecule has 4 rings (SSSR count). The summed E-state index contributed by atoms with van der Waals surface area (Å²) in [6.45, 7) is -0.257. The molecule has 0 saturated carbocycles. The molecule has 0 spiro atoms. The van der Waals surface area contributed by atoms with Gasteiger partial charge in [0, 0.05) is 15.5 Å². The Morgan fingerprint density at radius 1 is 1.00 bits per heavy atom. The molecule has 2 heterocycles. The Balaban J connectivity index is 1.53. The van der Waals surface area contributed by atoms with Gasteiger partial charge in [-0.25, -0.2) is 0 Å². The Hall–Kier alpha value is -2.57. The van der Waals surface area contributed by atoms with Gasteiger partial charge < -0.3 is 4.74 Å². The lowest BCUT2D eigenvalue weighted by Crippen LogP contribution is -2.41. The number of carbonyl (C=O) groups is 2. The summed E-state index contributed by atoms with van der Waals surface area (Å²) in [4.78, 5) is 29.0. The average Bonchev–Trinajstić information content (AvgIpc) is 3.24. The molecule has 1 aliphatic rings. The summed E-state index contributed by atoms with van der Waals surface area (Å²) < 4.78 is 5.30. The highest BCUT2D eigenvalue weighted by Gasteiger charge is 2.32. The minimum absolute atomic E-state index is 0.0930. The largest absolute Gasteiger partial charge is 0.455 e. The topological polar surface area (TPSA) is 46.6 Å². The Kier molecular flexibility index (Phi) is 5.78. The fraction of sp³-hybridized carbons (Fsp3) is 0.182. The van der Waals surface area contributed by atoms with Crippen molar-refractivity contribution in [2.75, 3.05) is 17.3 Å². The van der Waals surface area contributed by atoms with Crippen LogP contribution < -0.4 is 4.90 Å². The summed E-state index contributed by atoms with van der Waals surface area (Å²) >= 11 is 3.24. The number of thioether (sulfide) groups is 1. The van der Waals surface area contributed by atoms with E-state index < -0.39 is 0 Å². The number of amides is 1. The zero-order valence-electron chi connectivity index (χ0n) is 15.1. The van der Waals surface area contributed by atoms with E-state index in [-0.39, 0.29) is 30.9 Å².